The Morgan fingerprint density at radius 3 is 1.55 bits per heavy atom. The summed E-state index contributed by atoms with van der Waals surface area (Å²) in [7, 11) is 0. The maximum atomic E-state index is 2.45. The summed E-state index contributed by atoms with van der Waals surface area (Å²) in [6, 6.07) is 76.3. The first-order chi connectivity index (χ1) is 28.7. The van der Waals surface area contributed by atoms with Gasteiger partial charge in [0.25, 0.3) is 0 Å². The average molecular weight is 735 g/mol. The van der Waals surface area contributed by atoms with Crippen molar-refractivity contribution in [2.45, 2.75) is 0 Å². The lowest BCUT2D eigenvalue weighted by Gasteiger charge is -2.12. The second kappa shape index (κ2) is 11.9. The molecule has 0 bridgehead atoms. The lowest BCUT2D eigenvalue weighted by molar-refractivity contribution is 1.18. The highest BCUT2D eigenvalue weighted by Gasteiger charge is 2.22. The minimum atomic E-state index is 1.15. The van der Waals surface area contributed by atoms with Crippen LogP contribution in [0.15, 0.2) is 206 Å². The second-order valence-corrected chi connectivity index (χ2v) is 15.7. The standard InChI is InChI=1S/C56H34N2/c1-2-14-42(15-3-1)57-52-20-9-8-18-46(52)48-31-38(23-27-53(48)57)39-24-28-54-49(32-39)50-30-36-11-4-5-12-37(36)34-55(50)58(54)43-25-21-35(22-26-43)41-29-40-13-10-19-47-44-16-6-7-17-45(44)51(33-41)56(40)47/h1-34H. The van der Waals surface area contributed by atoms with Crippen LogP contribution >= 0.6 is 0 Å². The van der Waals surface area contributed by atoms with Crippen LogP contribution in [0.3, 0.4) is 0 Å². The molecule has 0 spiro atoms. The first kappa shape index (κ1) is 31.5. The minimum absolute atomic E-state index is 1.15. The van der Waals surface area contributed by atoms with Gasteiger partial charge in [-0.1, -0.05) is 127 Å². The number of nitrogens with zero attached hydrogens (tertiary/aromatic N) is 2. The molecular formula is C56H34N2. The molecule has 10 aromatic carbocycles. The third-order valence-corrected chi connectivity index (χ3v) is 12.6. The van der Waals surface area contributed by atoms with Gasteiger partial charge in [-0.05, 0) is 145 Å². The van der Waals surface area contributed by atoms with E-state index in [2.05, 4.69) is 215 Å². The fourth-order valence-corrected chi connectivity index (χ4v) is 9.96. The molecule has 58 heavy (non-hydrogen) atoms. The molecule has 2 heteroatoms. The molecule has 0 saturated heterocycles. The minimum Gasteiger partial charge on any atom is -0.309 e. The number of hydrogen-bond acceptors (Lipinski definition) is 0. The molecule has 1 aliphatic carbocycles. The summed E-state index contributed by atoms with van der Waals surface area (Å²) in [5, 5.41) is 10.2. The maximum absolute atomic E-state index is 2.45. The van der Waals surface area contributed by atoms with E-state index in [0.29, 0.717) is 0 Å². The summed E-state index contributed by atoms with van der Waals surface area (Å²) >= 11 is 0. The van der Waals surface area contributed by atoms with E-state index in [1.807, 2.05) is 0 Å². The predicted octanol–water partition coefficient (Wildman–Crippen LogP) is 15.2. The van der Waals surface area contributed by atoms with E-state index in [1.54, 1.807) is 0 Å². The average Bonchev–Trinajstić information content (AvgIpc) is 3.91. The topological polar surface area (TPSA) is 9.86 Å². The van der Waals surface area contributed by atoms with E-state index in [4.69, 9.17) is 0 Å². The third kappa shape index (κ3) is 4.48. The van der Waals surface area contributed by atoms with Gasteiger partial charge in [0.2, 0.25) is 0 Å². The first-order valence-electron chi connectivity index (χ1n) is 20.1. The number of fused-ring (bicyclic) bond motifs is 10. The maximum Gasteiger partial charge on any atom is 0.0547 e. The van der Waals surface area contributed by atoms with E-state index in [-0.39, 0.29) is 0 Å². The molecule has 268 valence electrons. The third-order valence-electron chi connectivity index (χ3n) is 12.6. The molecule has 0 unspecified atom stereocenters. The molecular weight excluding hydrogens is 701 g/mol. The Kier molecular flexibility index (Phi) is 6.47. The fraction of sp³-hybridized carbons (Fsp3) is 0. The molecule has 2 nitrogen and oxygen atoms in total. The van der Waals surface area contributed by atoms with E-state index >= 15 is 0 Å². The second-order valence-electron chi connectivity index (χ2n) is 15.7. The Morgan fingerprint density at radius 1 is 0.241 bits per heavy atom. The van der Waals surface area contributed by atoms with Gasteiger partial charge < -0.3 is 9.13 Å². The summed E-state index contributed by atoms with van der Waals surface area (Å²) in [5.41, 5.74) is 17.4. The molecule has 12 aromatic rings. The van der Waals surface area contributed by atoms with Gasteiger partial charge >= 0.3 is 0 Å². The number of hydrogen-bond donors (Lipinski definition) is 0. The van der Waals surface area contributed by atoms with Crippen molar-refractivity contribution >= 4 is 65.2 Å². The molecule has 0 saturated carbocycles. The summed E-state index contributed by atoms with van der Waals surface area (Å²) < 4.78 is 4.83. The number of para-hydroxylation sites is 2. The lowest BCUT2D eigenvalue weighted by Crippen LogP contribution is -1.94. The monoisotopic (exact) mass is 734 g/mol. The molecule has 0 atom stereocenters. The fourth-order valence-electron chi connectivity index (χ4n) is 9.96. The van der Waals surface area contributed by atoms with Gasteiger partial charge in [0.05, 0.1) is 22.1 Å². The zero-order valence-corrected chi connectivity index (χ0v) is 31.5. The van der Waals surface area contributed by atoms with Crippen LogP contribution in [0, 0.1) is 0 Å². The van der Waals surface area contributed by atoms with Crippen LogP contribution in [-0.4, -0.2) is 9.13 Å². The molecule has 0 radical (unpaired) electrons. The van der Waals surface area contributed by atoms with Crippen molar-refractivity contribution < 1.29 is 0 Å². The lowest BCUT2D eigenvalue weighted by atomic mass is 9.96. The van der Waals surface area contributed by atoms with Crippen molar-refractivity contribution in [3.63, 3.8) is 0 Å². The molecule has 0 aliphatic heterocycles. The Morgan fingerprint density at radius 2 is 0.776 bits per heavy atom. The van der Waals surface area contributed by atoms with Crippen molar-refractivity contribution in [1.82, 2.24) is 9.13 Å². The van der Waals surface area contributed by atoms with E-state index in [9.17, 15) is 0 Å². The highest BCUT2D eigenvalue weighted by Crippen LogP contribution is 2.49. The van der Waals surface area contributed by atoms with E-state index in [1.165, 1.54) is 115 Å². The van der Waals surface area contributed by atoms with Crippen LogP contribution < -0.4 is 0 Å². The van der Waals surface area contributed by atoms with E-state index in [0.717, 1.165) is 5.69 Å². The molecule has 1 aliphatic rings. The number of aromatic nitrogens is 2. The number of rotatable bonds is 4. The summed E-state index contributed by atoms with van der Waals surface area (Å²) in [6.45, 7) is 0. The molecule has 13 rings (SSSR count). The van der Waals surface area contributed by atoms with Gasteiger partial charge in [0.15, 0.2) is 0 Å². The molecule has 0 fully saturated rings. The van der Waals surface area contributed by atoms with Crippen LogP contribution in [0.25, 0.3) is 121 Å². The predicted molar refractivity (Wildman–Crippen MR) is 245 cm³/mol. The highest BCUT2D eigenvalue weighted by atomic mass is 15.0. The Hall–Kier alpha value is -7.68. The van der Waals surface area contributed by atoms with Crippen molar-refractivity contribution in [1.29, 1.82) is 0 Å². The first-order valence-corrected chi connectivity index (χ1v) is 20.1. The molecule has 2 heterocycles. The highest BCUT2D eigenvalue weighted by molar-refractivity contribution is 6.17. The van der Waals surface area contributed by atoms with Crippen molar-refractivity contribution in [3.05, 3.63) is 206 Å². The zero-order chi connectivity index (χ0) is 37.9. The smallest absolute Gasteiger partial charge is 0.0547 e. The van der Waals surface area contributed by atoms with Crippen molar-refractivity contribution in [2.75, 3.05) is 0 Å². The quantitative estimate of drug-likeness (QED) is 0.170. The van der Waals surface area contributed by atoms with Gasteiger partial charge in [-0.2, -0.15) is 0 Å². The summed E-state index contributed by atoms with van der Waals surface area (Å²) in [6.07, 6.45) is 0. The molecule has 2 aromatic heterocycles. The van der Waals surface area contributed by atoms with Crippen LogP contribution in [0.4, 0.5) is 0 Å². The van der Waals surface area contributed by atoms with Gasteiger partial charge in [0, 0.05) is 32.9 Å². The Balaban J connectivity index is 0.965. The Bertz CT molecular complexity index is 3660. The summed E-state index contributed by atoms with van der Waals surface area (Å²) in [4.78, 5) is 0. The van der Waals surface area contributed by atoms with Crippen LogP contribution in [0.5, 0.6) is 0 Å². The Labute approximate surface area is 335 Å². The van der Waals surface area contributed by atoms with E-state index < -0.39 is 0 Å². The normalized spacial score (nSPS) is 12.1. The molecule has 0 amide bonds. The van der Waals surface area contributed by atoms with Crippen molar-refractivity contribution in [3.8, 4) is 55.9 Å². The van der Waals surface area contributed by atoms with Crippen molar-refractivity contribution in [2.24, 2.45) is 0 Å². The van der Waals surface area contributed by atoms with Crippen LogP contribution in [0.1, 0.15) is 0 Å². The van der Waals surface area contributed by atoms with Gasteiger partial charge in [-0.15, -0.1) is 0 Å². The molecule has 0 N–H and O–H groups in total. The van der Waals surface area contributed by atoms with Gasteiger partial charge in [0.1, 0.15) is 0 Å². The summed E-state index contributed by atoms with van der Waals surface area (Å²) in [5.74, 6) is 0. The SMILES string of the molecule is c1ccc(-n2c3ccccc3c3cc(-c4ccc5c(c4)c4cc6ccccc6cc4n5-c4ccc(-c5cc6c7c(cccc7c5)-c5ccccc5-6)cc4)ccc32)cc1. The van der Waals surface area contributed by atoms with Crippen LogP contribution in [-0.2, 0) is 0 Å². The largest absolute Gasteiger partial charge is 0.309 e. The van der Waals surface area contributed by atoms with Gasteiger partial charge in [-0.3, -0.25) is 0 Å². The van der Waals surface area contributed by atoms with Gasteiger partial charge in [-0.25, -0.2) is 0 Å². The van der Waals surface area contributed by atoms with Crippen LogP contribution in [0.2, 0.25) is 0 Å². The zero-order valence-electron chi connectivity index (χ0n) is 31.5. The number of benzene rings is 10.